The van der Waals surface area contributed by atoms with Crippen molar-refractivity contribution in [3.8, 4) is 11.3 Å². The Morgan fingerprint density at radius 1 is 1.21 bits per heavy atom. The molecule has 4 rings (SSSR count). The fourth-order valence-corrected chi connectivity index (χ4v) is 2.35. The van der Waals surface area contributed by atoms with E-state index in [0.717, 1.165) is 5.56 Å². The lowest BCUT2D eigenvalue weighted by molar-refractivity contribution is 0.102. The van der Waals surface area contributed by atoms with E-state index in [9.17, 15) is 9.18 Å². The topological polar surface area (TPSA) is 88.0 Å². The smallest absolute Gasteiger partial charge is 0.275 e. The summed E-state index contributed by atoms with van der Waals surface area (Å²) in [6.45, 7) is 0. The van der Waals surface area contributed by atoms with Crippen LogP contribution in [-0.2, 0) is 0 Å². The molecule has 7 nitrogen and oxygen atoms in total. The van der Waals surface area contributed by atoms with Gasteiger partial charge in [-0.3, -0.25) is 4.79 Å². The van der Waals surface area contributed by atoms with Crippen LogP contribution in [-0.4, -0.2) is 30.7 Å². The molecule has 3 heterocycles. The summed E-state index contributed by atoms with van der Waals surface area (Å²) in [5.41, 5.74) is 2.76. The number of hydrogen-bond acceptors (Lipinski definition) is 4. The Labute approximate surface area is 135 Å². The van der Waals surface area contributed by atoms with E-state index in [1.807, 2.05) is 6.07 Å². The SMILES string of the molecule is O=C(Nc1cccc(F)c1)c1cn2cc(-c3cn[nH]n3)ccc2n1. The second-order valence-corrected chi connectivity index (χ2v) is 5.13. The van der Waals surface area contributed by atoms with Gasteiger partial charge in [-0.1, -0.05) is 6.07 Å². The molecule has 8 heteroatoms. The van der Waals surface area contributed by atoms with Crippen molar-refractivity contribution < 1.29 is 9.18 Å². The average molecular weight is 322 g/mol. The standard InChI is InChI=1S/C16H11FN6O/c17-11-2-1-3-12(6-11)19-16(24)14-9-23-8-10(4-5-15(23)20-14)13-7-18-22-21-13/h1-9H,(H,19,24)(H,18,21,22). The number of H-pyrrole nitrogens is 1. The molecule has 0 radical (unpaired) electrons. The highest BCUT2D eigenvalue weighted by atomic mass is 19.1. The minimum Gasteiger partial charge on any atom is -0.321 e. The van der Waals surface area contributed by atoms with Crippen molar-refractivity contribution in [1.82, 2.24) is 24.8 Å². The Bertz CT molecular complexity index is 1020. The number of hydrogen-bond donors (Lipinski definition) is 2. The lowest BCUT2D eigenvalue weighted by Gasteiger charge is -2.02. The van der Waals surface area contributed by atoms with Gasteiger partial charge in [0.2, 0.25) is 0 Å². The van der Waals surface area contributed by atoms with Crippen LogP contribution in [0.2, 0.25) is 0 Å². The minimum absolute atomic E-state index is 0.233. The van der Waals surface area contributed by atoms with E-state index in [4.69, 9.17) is 0 Å². The fourth-order valence-electron chi connectivity index (χ4n) is 2.35. The van der Waals surface area contributed by atoms with Gasteiger partial charge in [0, 0.05) is 23.6 Å². The molecule has 0 aliphatic rings. The normalized spacial score (nSPS) is 10.9. The Morgan fingerprint density at radius 3 is 2.92 bits per heavy atom. The van der Waals surface area contributed by atoms with Crippen molar-refractivity contribution in [1.29, 1.82) is 0 Å². The Kier molecular flexibility index (Phi) is 3.27. The Balaban J connectivity index is 1.63. The van der Waals surface area contributed by atoms with Crippen molar-refractivity contribution in [2.24, 2.45) is 0 Å². The summed E-state index contributed by atoms with van der Waals surface area (Å²) in [5, 5.41) is 13.0. The first-order chi connectivity index (χ1) is 11.7. The molecule has 0 aliphatic carbocycles. The second kappa shape index (κ2) is 5.58. The van der Waals surface area contributed by atoms with E-state index < -0.39 is 11.7 Å². The van der Waals surface area contributed by atoms with Crippen LogP contribution in [0.5, 0.6) is 0 Å². The number of halogens is 1. The lowest BCUT2D eigenvalue weighted by atomic mass is 10.2. The number of carbonyl (C=O) groups excluding carboxylic acids is 1. The predicted molar refractivity (Wildman–Crippen MR) is 84.9 cm³/mol. The van der Waals surface area contributed by atoms with E-state index in [2.05, 4.69) is 25.7 Å². The number of nitrogens with zero attached hydrogens (tertiary/aromatic N) is 4. The Morgan fingerprint density at radius 2 is 2.12 bits per heavy atom. The summed E-state index contributed by atoms with van der Waals surface area (Å²) in [6, 6.07) is 9.32. The van der Waals surface area contributed by atoms with Gasteiger partial charge >= 0.3 is 0 Å². The summed E-state index contributed by atoms with van der Waals surface area (Å²) in [6.07, 6.45) is 5.02. The van der Waals surface area contributed by atoms with Gasteiger partial charge in [-0.2, -0.15) is 15.4 Å². The summed E-state index contributed by atoms with van der Waals surface area (Å²) in [4.78, 5) is 16.5. The first-order valence-corrected chi connectivity index (χ1v) is 7.11. The molecule has 1 aromatic carbocycles. The van der Waals surface area contributed by atoms with Gasteiger partial charge in [0.05, 0.1) is 6.20 Å². The second-order valence-electron chi connectivity index (χ2n) is 5.13. The zero-order valence-corrected chi connectivity index (χ0v) is 12.3. The summed E-state index contributed by atoms with van der Waals surface area (Å²) >= 11 is 0. The van der Waals surface area contributed by atoms with Crippen LogP contribution in [0.3, 0.4) is 0 Å². The molecule has 0 unspecified atom stereocenters. The quantitative estimate of drug-likeness (QED) is 0.606. The van der Waals surface area contributed by atoms with Crippen molar-refractivity contribution in [3.05, 3.63) is 66.5 Å². The van der Waals surface area contributed by atoms with Crippen LogP contribution in [0.25, 0.3) is 16.9 Å². The monoisotopic (exact) mass is 322 g/mol. The van der Waals surface area contributed by atoms with E-state index in [-0.39, 0.29) is 5.69 Å². The van der Waals surface area contributed by atoms with E-state index in [1.165, 1.54) is 18.2 Å². The van der Waals surface area contributed by atoms with Gasteiger partial charge in [-0.15, -0.1) is 0 Å². The number of imidazole rings is 1. The molecule has 4 aromatic rings. The van der Waals surface area contributed by atoms with Gasteiger partial charge in [0.15, 0.2) is 0 Å². The third-order valence-electron chi connectivity index (χ3n) is 3.48. The summed E-state index contributed by atoms with van der Waals surface area (Å²) < 4.78 is 14.9. The minimum atomic E-state index is -0.417. The molecule has 0 saturated heterocycles. The van der Waals surface area contributed by atoms with E-state index >= 15 is 0 Å². The zero-order valence-electron chi connectivity index (χ0n) is 12.3. The molecular weight excluding hydrogens is 311 g/mol. The van der Waals surface area contributed by atoms with Gasteiger partial charge in [0.25, 0.3) is 5.91 Å². The number of anilines is 1. The van der Waals surface area contributed by atoms with Gasteiger partial charge < -0.3 is 9.72 Å². The van der Waals surface area contributed by atoms with Gasteiger partial charge in [-0.25, -0.2) is 9.37 Å². The maximum absolute atomic E-state index is 13.2. The van der Waals surface area contributed by atoms with Crippen LogP contribution in [0.1, 0.15) is 10.5 Å². The molecule has 0 saturated carbocycles. The maximum atomic E-state index is 13.2. The number of carbonyl (C=O) groups is 1. The van der Waals surface area contributed by atoms with Crippen LogP contribution in [0.4, 0.5) is 10.1 Å². The average Bonchev–Trinajstić information content (AvgIpc) is 3.23. The number of benzene rings is 1. The first kappa shape index (κ1) is 14.1. The molecule has 0 spiro atoms. The van der Waals surface area contributed by atoms with Crippen LogP contribution >= 0.6 is 0 Å². The number of aromatic nitrogens is 5. The van der Waals surface area contributed by atoms with Crippen LogP contribution in [0.15, 0.2) is 55.0 Å². The summed E-state index contributed by atoms with van der Waals surface area (Å²) in [7, 11) is 0. The predicted octanol–water partition coefficient (Wildman–Crippen LogP) is 2.51. The molecule has 0 fully saturated rings. The molecular formula is C16H11FN6O. The number of aromatic amines is 1. The molecule has 2 N–H and O–H groups in total. The largest absolute Gasteiger partial charge is 0.321 e. The van der Waals surface area contributed by atoms with E-state index in [0.29, 0.717) is 17.0 Å². The van der Waals surface area contributed by atoms with Crippen molar-refractivity contribution in [2.75, 3.05) is 5.32 Å². The Hall–Kier alpha value is -3.55. The van der Waals surface area contributed by atoms with Crippen molar-refractivity contribution in [3.63, 3.8) is 0 Å². The molecule has 118 valence electrons. The van der Waals surface area contributed by atoms with Crippen LogP contribution in [0, 0.1) is 5.82 Å². The maximum Gasteiger partial charge on any atom is 0.275 e. The highest BCUT2D eigenvalue weighted by molar-refractivity contribution is 6.03. The third kappa shape index (κ3) is 2.60. The van der Waals surface area contributed by atoms with Crippen molar-refractivity contribution in [2.45, 2.75) is 0 Å². The summed E-state index contributed by atoms with van der Waals surface area (Å²) in [5.74, 6) is -0.827. The van der Waals surface area contributed by atoms with Gasteiger partial charge in [-0.05, 0) is 30.3 Å². The molecule has 0 atom stereocenters. The highest BCUT2D eigenvalue weighted by Crippen LogP contribution is 2.17. The molecule has 3 aromatic heterocycles. The number of amides is 1. The number of fused-ring (bicyclic) bond motifs is 1. The van der Waals surface area contributed by atoms with Crippen molar-refractivity contribution >= 4 is 17.2 Å². The van der Waals surface area contributed by atoms with Crippen LogP contribution < -0.4 is 5.32 Å². The third-order valence-corrected chi connectivity index (χ3v) is 3.48. The first-order valence-electron chi connectivity index (χ1n) is 7.11. The fraction of sp³-hybridized carbons (Fsp3) is 0. The number of rotatable bonds is 3. The molecule has 0 bridgehead atoms. The molecule has 24 heavy (non-hydrogen) atoms. The zero-order chi connectivity index (χ0) is 16.5. The molecule has 1 amide bonds. The van der Waals surface area contributed by atoms with Gasteiger partial charge in [0.1, 0.15) is 22.9 Å². The number of pyridine rings is 1. The highest BCUT2D eigenvalue weighted by Gasteiger charge is 2.12. The lowest BCUT2D eigenvalue weighted by Crippen LogP contribution is -2.12. The van der Waals surface area contributed by atoms with E-state index in [1.54, 1.807) is 35.1 Å². The number of nitrogens with one attached hydrogen (secondary N) is 2. The molecule has 0 aliphatic heterocycles.